The Morgan fingerprint density at radius 2 is 1.63 bits per heavy atom. The maximum atomic E-state index is 13.1. The van der Waals surface area contributed by atoms with Crippen molar-refractivity contribution in [2.24, 2.45) is 0 Å². The number of anilines is 1. The number of carbonyl (C=O) groups excluding carboxylic acids is 2. The maximum Gasteiger partial charge on any atom is 0.254 e. The molecule has 2 heterocycles. The minimum atomic E-state index is -0.124. The van der Waals surface area contributed by atoms with Crippen LogP contribution in [0.15, 0.2) is 54.6 Å². The molecule has 1 saturated heterocycles. The number of nitrogens with zero attached hydrogens (tertiary/aromatic N) is 5. The number of aromatic nitrogens is 2. The molecule has 2 aliphatic rings. The minimum absolute atomic E-state index is 0.0336. The highest BCUT2D eigenvalue weighted by atomic mass is 35.5. The topological polar surface area (TPSA) is 88.1 Å². The molecule has 0 spiro atoms. The van der Waals surface area contributed by atoms with Gasteiger partial charge in [0, 0.05) is 48.4 Å². The molecule has 1 saturated carbocycles. The van der Waals surface area contributed by atoms with Crippen LogP contribution in [-0.4, -0.2) is 84.8 Å². The standard InChI is InChI=1S/C28H30ClN5O4/c1-37-24-11-5-20(17-25(24)38-2)23-10-12-26(31-30-23)32-13-15-33(16-14-32)27(35)18-34(22-8-9-22)28(36)19-3-6-21(29)7-4-19/h3-7,10-12,17,22H,8-9,13-16,18H2,1-2H3. The summed E-state index contributed by atoms with van der Waals surface area (Å²) in [5.41, 5.74) is 2.16. The van der Waals surface area contributed by atoms with Crippen molar-refractivity contribution < 1.29 is 19.1 Å². The molecule has 1 aliphatic heterocycles. The Morgan fingerprint density at radius 3 is 2.24 bits per heavy atom. The van der Waals surface area contributed by atoms with Crippen LogP contribution in [0.5, 0.6) is 11.5 Å². The molecule has 198 valence electrons. The van der Waals surface area contributed by atoms with E-state index in [4.69, 9.17) is 21.1 Å². The number of rotatable bonds is 8. The normalized spacial score (nSPS) is 15.2. The van der Waals surface area contributed by atoms with Gasteiger partial charge in [-0.05, 0) is 67.4 Å². The zero-order chi connectivity index (χ0) is 26.6. The summed E-state index contributed by atoms with van der Waals surface area (Å²) in [7, 11) is 3.20. The molecular weight excluding hydrogens is 506 g/mol. The first-order valence-corrected chi connectivity index (χ1v) is 13.0. The van der Waals surface area contributed by atoms with Crippen LogP contribution in [0.3, 0.4) is 0 Å². The third-order valence-corrected chi connectivity index (χ3v) is 7.18. The van der Waals surface area contributed by atoms with Crippen molar-refractivity contribution in [1.29, 1.82) is 0 Å². The first kappa shape index (κ1) is 25.8. The molecule has 0 bridgehead atoms. The Labute approximate surface area is 226 Å². The molecular formula is C28H30ClN5O4. The van der Waals surface area contributed by atoms with E-state index in [1.165, 1.54) is 0 Å². The summed E-state index contributed by atoms with van der Waals surface area (Å²) in [6.45, 7) is 2.50. The van der Waals surface area contributed by atoms with Gasteiger partial charge in [0.05, 0.1) is 19.9 Å². The fraction of sp³-hybridized carbons (Fsp3) is 0.357. The molecule has 1 aromatic heterocycles. The summed E-state index contributed by atoms with van der Waals surface area (Å²) in [5.74, 6) is 1.89. The van der Waals surface area contributed by atoms with Crippen molar-refractivity contribution in [1.82, 2.24) is 20.0 Å². The lowest BCUT2D eigenvalue weighted by Gasteiger charge is -2.36. The summed E-state index contributed by atoms with van der Waals surface area (Å²) in [6.07, 6.45) is 1.86. The average molecular weight is 536 g/mol. The molecule has 2 aromatic carbocycles. The molecule has 3 aromatic rings. The summed E-state index contributed by atoms with van der Waals surface area (Å²) in [4.78, 5) is 31.8. The summed E-state index contributed by atoms with van der Waals surface area (Å²) >= 11 is 5.96. The average Bonchev–Trinajstić information content (AvgIpc) is 3.81. The van der Waals surface area contributed by atoms with Crippen LogP contribution in [-0.2, 0) is 4.79 Å². The van der Waals surface area contributed by atoms with E-state index in [0.29, 0.717) is 48.3 Å². The van der Waals surface area contributed by atoms with E-state index in [2.05, 4.69) is 15.1 Å². The molecule has 9 nitrogen and oxygen atoms in total. The van der Waals surface area contributed by atoms with Crippen molar-refractivity contribution in [3.63, 3.8) is 0 Å². The monoisotopic (exact) mass is 535 g/mol. The van der Waals surface area contributed by atoms with Gasteiger partial charge in [-0.2, -0.15) is 0 Å². The smallest absolute Gasteiger partial charge is 0.254 e. The number of halogens is 1. The third kappa shape index (κ3) is 5.67. The molecule has 0 unspecified atom stereocenters. The number of amides is 2. The molecule has 0 N–H and O–H groups in total. The highest BCUT2D eigenvalue weighted by molar-refractivity contribution is 6.30. The van der Waals surface area contributed by atoms with Gasteiger partial charge in [-0.15, -0.1) is 10.2 Å². The minimum Gasteiger partial charge on any atom is -0.493 e. The predicted molar refractivity (Wildman–Crippen MR) is 145 cm³/mol. The van der Waals surface area contributed by atoms with Crippen molar-refractivity contribution >= 4 is 29.2 Å². The van der Waals surface area contributed by atoms with E-state index in [-0.39, 0.29) is 24.4 Å². The zero-order valence-electron chi connectivity index (χ0n) is 21.5. The van der Waals surface area contributed by atoms with Crippen LogP contribution in [0.4, 0.5) is 5.82 Å². The van der Waals surface area contributed by atoms with Crippen LogP contribution < -0.4 is 14.4 Å². The number of carbonyl (C=O) groups is 2. The van der Waals surface area contributed by atoms with E-state index < -0.39 is 0 Å². The predicted octanol–water partition coefficient (Wildman–Crippen LogP) is 3.77. The van der Waals surface area contributed by atoms with Crippen molar-refractivity contribution in [3.05, 3.63) is 65.2 Å². The number of hydrogen-bond acceptors (Lipinski definition) is 7. The third-order valence-electron chi connectivity index (χ3n) is 6.93. The van der Waals surface area contributed by atoms with Gasteiger partial charge in [0.25, 0.3) is 5.91 Å². The molecule has 2 fully saturated rings. The van der Waals surface area contributed by atoms with Gasteiger partial charge in [0.2, 0.25) is 5.91 Å². The summed E-state index contributed by atoms with van der Waals surface area (Å²) < 4.78 is 10.7. The Bertz CT molecular complexity index is 1290. The molecule has 10 heteroatoms. The van der Waals surface area contributed by atoms with Gasteiger partial charge in [0.15, 0.2) is 17.3 Å². The molecule has 5 rings (SSSR count). The van der Waals surface area contributed by atoms with Gasteiger partial charge in [-0.25, -0.2) is 0 Å². The van der Waals surface area contributed by atoms with Gasteiger partial charge in [-0.3, -0.25) is 9.59 Å². The second kappa shape index (κ2) is 11.3. The van der Waals surface area contributed by atoms with Crippen molar-refractivity contribution in [2.75, 3.05) is 51.8 Å². The van der Waals surface area contributed by atoms with Gasteiger partial charge >= 0.3 is 0 Å². The van der Waals surface area contributed by atoms with Crippen molar-refractivity contribution in [2.45, 2.75) is 18.9 Å². The molecule has 2 amide bonds. The summed E-state index contributed by atoms with van der Waals surface area (Å²) in [6, 6.07) is 16.4. The lowest BCUT2D eigenvalue weighted by Crippen LogP contribution is -2.52. The number of hydrogen-bond donors (Lipinski definition) is 0. The number of ether oxygens (including phenoxy) is 2. The van der Waals surface area contributed by atoms with E-state index in [0.717, 1.165) is 29.9 Å². The largest absolute Gasteiger partial charge is 0.493 e. The van der Waals surface area contributed by atoms with Crippen LogP contribution in [0.2, 0.25) is 5.02 Å². The number of piperazine rings is 1. The second-order valence-corrected chi connectivity index (χ2v) is 9.82. The highest BCUT2D eigenvalue weighted by Crippen LogP contribution is 2.32. The molecule has 0 atom stereocenters. The molecule has 38 heavy (non-hydrogen) atoms. The quantitative estimate of drug-likeness (QED) is 0.434. The lowest BCUT2D eigenvalue weighted by atomic mass is 10.1. The van der Waals surface area contributed by atoms with E-state index in [1.54, 1.807) is 43.4 Å². The fourth-order valence-corrected chi connectivity index (χ4v) is 4.71. The zero-order valence-corrected chi connectivity index (χ0v) is 22.2. The van der Waals surface area contributed by atoms with Crippen LogP contribution in [0.25, 0.3) is 11.3 Å². The maximum absolute atomic E-state index is 13.1. The highest BCUT2D eigenvalue weighted by Gasteiger charge is 2.35. The second-order valence-electron chi connectivity index (χ2n) is 9.39. The Morgan fingerprint density at radius 1 is 0.921 bits per heavy atom. The number of benzene rings is 2. The van der Waals surface area contributed by atoms with Crippen LogP contribution in [0, 0.1) is 0 Å². The Hall–Kier alpha value is -3.85. The molecule has 1 aliphatic carbocycles. The van der Waals surface area contributed by atoms with Crippen LogP contribution in [0.1, 0.15) is 23.2 Å². The fourth-order valence-electron chi connectivity index (χ4n) is 4.59. The SMILES string of the molecule is COc1ccc(-c2ccc(N3CCN(C(=O)CN(C(=O)c4ccc(Cl)cc4)C4CC4)CC3)nn2)cc1OC. The first-order valence-electron chi connectivity index (χ1n) is 12.6. The van der Waals surface area contributed by atoms with E-state index in [1.807, 2.05) is 35.2 Å². The van der Waals surface area contributed by atoms with Crippen molar-refractivity contribution in [3.8, 4) is 22.8 Å². The van der Waals surface area contributed by atoms with Gasteiger partial charge in [0.1, 0.15) is 6.54 Å². The lowest BCUT2D eigenvalue weighted by molar-refractivity contribution is -0.132. The van der Waals surface area contributed by atoms with E-state index >= 15 is 0 Å². The summed E-state index contributed by atoms with van der Waals surface area (Å²) in [5, 5.41) is 9.41. The van der Waals surface area contributed by atoms with E-state index in [9.17, 15) is 9.59 Å². The number of methoxy groups -OCH3 is 2. The van der Waals surface area contributed by atoms with Gasteiger partial charge < -0.3 is 24.2 Å². The van der Waals surface area contributed by atoms with Gasteiger partial charge in [-0.1, -0.05) is 11.6 Å². The Kier molecular flexibility index (Phi) is 7.64. The van der Waals surface area contributed by atoms with Crippen LogP contribution >= 0.6 is 11.6 Å². The first-order chi connectivity index (χ1) is 18.5. The Balaban J connectivity index is 1.18. The molecule has 0 radical (unpaired) electrons.